The first kappa shape index (κ1) is 17.8. The van der Waals surface area contributed by atoms with Gasteiger partial charge in [0.15, 0.2) is 10.3 Å². The molecule has 4 rings (SSSR count). The Balaban J connectivity index is 1.64. The molecule has 0 saturated heterocycles. The molecule has 27 heavy (non-hydrogen) atoms. The highest BCUT2D eigenvalue weighted by molar-refractivity contribution is 9.10. The maximum Gasteiger partial charge on any atom is 0.272 e. The molecule has 0 unspecified atom stereocenters. The lowest BCUT2D eigenvalue weighted by atomic mass is 10.1. The zero-order chi connectivity index (χ0) is 19.1. The Labute approximate surface area is 164 Å². The lowest BCUT2D eigenvalue weighted by molar-refractivity contribution is 0.0816. The van der Waals surface area contributed by atoms with Crippen molar-refractivity contribution in [1.29, 1.82) is 0 Å². The van der Waals surface area contributed by atoms with Crippen molar-refractivity contribution < 1.29 is 18.7 Å². The van der Waals surface area contributed by atoms with E-state index in [1.807, 2.05) is 22.8 Å². The van der Waals surface area contributed by atoms with Crippen molar-refractivity contribution in [3.05, 3.63) is 51.8 Å². The van der Waals surface area contributed by atoms with E-state index in [2.05, 4.69) is 21.2 Å². The van der Waals surface area contributed by atoms with Crippen molar-refractivity contribution in [2.24, 2.45) is 0 Å². The molecule has 2 amide bonds. The summed E-state index contributed by atoms with van der Waals surface area (Å²) in [4.78, 5) is 26.7. The molecule has 3 heterocycles. The topological polar surface area (TPSA) is 76.7 Å². The summed E-state index contributed by atoms with van der Waals surface area (Å²) in [6.07, 6.45) is 0. The highest BCUT2D eigenvalue weighted by atomic mass is 79.9. The van der Waals surface area contributed by atoms with Crippen LogP contribution in [0.2, 0.25) is 0 Å². The number of amides is 2. The normalized spacial score (nSPS) is 13.4. The van der Waals surface area contributed by atoms with Crippen LogP contribution in [-0.4, -0.2) is 42.0 Å². The lowest BCUT2D eigenvalue weighted by Gasteiger charge is -2.10. The van der Waals surface area contributed by atoms with Crippen LogP contribution in [0.1, 0.15) is 26.4 Å². The fraction of sp³-hybridized carbons (Fsp3) is 0.263. The molecule has 1 aliphatic heterocycles. The monoisotopic (exact) mass is 431 g/mol. The SMILES string of the molecule is COCCn1c(C(=O)Nc2ccc3c(c2)C(=O)N(C)C3)cc2oc(Br)cc21. The van der Waals surface area contributed by atoms with E-state index < -0.39 is 0 Å². The second kappa shape index (κ2) is 6.86. The van der Waals surface area contributed by atoms with E-state index in [0.717, 1.165) is 11.1 Å². The van der Waals surface area contributed by atoms with Crippen molar-refractivity contribution in [3.63, 3.8) is 0 Å². The summed E-state index contributed by atoms with van der Waals surface area (Å²) in [6.45, 7) is 1.57. The number of rotatable bonds is 5. The number of nitrogens with zero attached hydrogens (tertiary/aromatic N) is 2. The Morgan fingerprint density at radius 3 is 2.93 bits per heavy atom. The number of nitrogens with one attached hydrogen (secondary N) is 1. The van der Waals surface area contributed by atoms with Crippen LogP contribution in [0.25, 0.3) is 11.1 Å². The third kappa shape index (κ3) is 3.15. The second-order valence-corrected chi connectivity index (χ2v) is 7.24. The smallest absolute Gasteiger partial charge is 0.272 e. The number of furan rings is 1. The summed E-state index contributed by atoms with van der Waals surface area (Å²) >= 11 is 3.31. The Morgan fingerprint density at radius 2 is 2.15 bits per heavy atom. The molecule has 7 nitrogen and oxygen atoms in total. The van der Waals surface area contributed by atoms with Gasteiger partial charge in [-0.3, -0.25) is 9.59 Å². The van der Waals surface area contributed by atoms with E-state index in [4.69, 9.17) is 9.15 Å². The standard InChI is InChI=1S/C19H18BrN3O4/c1-22-10-11-3-4-12(7-13(11)19(22)25)21-18(24)15-8-16-14(9-17(20)27-16)23(15)5-6-26-2/h3-4,7-9H,5-6,10H2,1-2H3,(H,21,24). The van der Waals surface area contributed by atoms with Crippen molar-refractivity contribution in [2.45, 2.75) is 13.1 Å². The number of carbonyl (C=O) groups is 2. The van der Waals surface area contributed by atoms with Crippen molar-refractivity contribution in [3.8, 4) is 0 Å². The molecule has 2 aromatic heterocycles. The van der Waals surface area contributed by atoms with Crippen LogP contribution in [-0.2, 0) is 17.8 Å². The first-order chi connectivity index (χ1) is 13.0. The minimum atomic E-state index is -0.271. The third-order valence-electron chi connectivity index (χ3n) is 4.66. The first-order valence-corrected chi connectivity index (χ1v) is 9.24. The number of halogens is 1. The third-order valence-corrected chi connectivity index (χ3v) is 5.05. The number of hydrogen-bond acceptors (Lipinski definition) is 4. The predicted molar refractivity (Wildman–Crippen MR) is 104 cm³/mol. The number of ether oxygens (including phenoxy) is 1. The van der Waals surface area contributed by atoms with Crippen molar-refractivity contribution >= 4 is 44.5 Å². The minimum absolute atomic E-state index is 0.0352. The second-order valence-electron chi connectivity index (χ2n) is 6.46. The van der Waals surface area contributed by atoms with E-state index in [0.29, 0.717) is 46.9 Å². The van der Waals surface area contributed by atoms with Gasteiger partial charge in [0.25, 0.3) is 11.8 Å². The molecule has 1 aromatic carbocycles. The molecule has 0 bridgehead atoms. The van der Waals surface area contributed by atoms with E-state index in [-0.39, 0.29) is 11.8 Å². The molecule has 8 heteroatoms. The Bertz CT molecular complexity index is 1050. The average Bonchev–Trinajstić information content (AvgIpc) is 3.25. The molecule has 1 aliphatic rings. The maximum absolute atomic E-state index is 12.9. The zero-order valence-corrected chi connectivity index (χ0v) is 16.5. The van der Waals surface area contributed by atoms with Gasteiger partial charge >= 0.3 is 0 Å². The van der Waals surface area contributed by atoms with Gasteiger partial charge in [-0.1, -0.05) is 6.07 Å². The summed E-state index contributed by atoms with van der Waals surface area (Å²) < 4.78 is 13.2. The van der Waals surface area contributed by atoms with Gasteiger partial charge in [0.05, 0.1) is 12.1 Å². The van der Waals surface area contributed by atoms with Gasteiger partial charge in [0, 0.05) is 50.6 Å². The van der Waals surface area contributed by atoms with Gasteiger partial charge in [0.2, 0.25) is 0 Å². The van der Waals surface area contributed by atoms with Crippen molar-refractivity contribution in [2.75, 3.05) is 26.1 Å². The molecule has 140 valence electrons. The van der Waals surface area contributed by atoms with Crippen LogP contribution in [0.3, 0.4) is 0 Å². The number of fused-ring (bicyclic) bond motifs is 2. The van der Waals surface area contributed by atoms with Gasteiger partial charge < -0.3 is 23.9 Å². The molecule has 0 spiro atoms. The van der Waals surface area contributed by atoms with Gasteiger partial charge in [-0.15, -0.1) is 0 Å². The summed E-state index contributed by atoms with van der Waals surface area (Å²) in [5, 5.41) is 2.88. The summed E-state index contributed by atoms with van der Waals surface area (Å²) in [7, 11) is 3.38. The van der Waals surface area contributed by atoms with Crippen LogP contribution < -0.4 is 5.32 Å². The molecule has 0 fully saturated rings. The van der Waals surface area contributed by atoms with Gasteiger partial charge in [-0.2, -0.15) is 0 Å². The highest BCUT2D eigenvalue weighted by Gasteiger charge is 2.25. The minimum Gasteiger partial charge on any atom is -0.448 e. The number of anilines is 1. The molecular weight excluding hydrogens is 414 g/mol. The summed E-state index contributed by atoms with van der Waals surface area (Å²) in [5.74, 6) is -0.306. The Morgan fingerprint density at radius 1 is 1.33 bits per heavy atom. The average molecular weight is 432 g/mol. The fourth-order valence-corrected chi connectivity index (χ4v) is 3.73. The van der Waals surface area contributed by atoms with Crippen LogP contribution in [0.15, 0.2) is 39.4 Å². The summed E-state index contributed by atoms with van der Waals surface area (Å²) in [5.41, 5.74) is 4.08. The Kier molecular flexibility index (Phi) is 4.53. The summed E-state index contributed by atoms with van der Waals surface area (Å²) in [6, 6.07) is 8.94. The number of methoxy groups -OCH3 is 1. The highest BCUT2D eigenvalue weighted by Crippen LogP contribution is 2.28. The molecular formula is C19H18BrN3O4. The predicted octanol–water partition coefficient (Wildman–Crippen LogP) is 3.48. The molecule has 0 saturated carbocycles. The molecule has 1 N–H and O–H groups in total. The quantitative estimate of drug-likeness (QED) is 0.670. The molecule has 0 aliphatic carbocycles. The van der Waals surface area contributed by atoms with E-state index in [9.17, 15) is 9.59 Å². The van der Waals surface area contributed by atoms with E-state index >= 15 is 0 Å². The lowest BCUT2D eigenvalue weighted by Crippen LogP contribution is -2.19. The fourth-order valence-electron chi connectivity index (χ4n) is 3.34. The molecule has 3 aromatic rings. The molecule has 0 atom stereocenters. The zero-order valence-electron chi connectivity index (χ0n) is 14.9. The van der Waals surface area contributed by atoms with Gasteiger partial charge in [0.1, 0.15) is 5.69 Å². The van der Waals surface area contributed by atoms with Crippen LogP contribution in [0.4, 0.5) is 5.69 Å². The van der Waals surface area contributed by atoms with E-state index in [1.54, 1.807) is 31.2 Å². The molecule has 0 radical (unpaired) electrons. The van der Waals surface area contributed by atoms with Crippen LogP contribution in [0.5, 0.6) is 0 Å². The first-order valence-electron chi connectivity index (χ1n) is 8.45. The van der Waals surface area contributed by atoms with E-state index in [1.165, 1.54) is 0 Å². The number of benzene rings is 1. The number of aromatic nitrogens is 1. The van der Waals surface area contributed by atoms with Crippen LogP contribution in [0, 0.1) is 0 Å². The van der Waals surface area contributed by atoms with Gasteiger partial charge in [-0.25, -0.2) is 0 Å². The van der Waals surface area contributed by atoms with Crippen LogP contribution >= 0.6 is 15.9 Å². The van der Waals surface area contributed by atoms with Gasteiger partial charge in [-0.05, 0) is 33.6 Å². The largest absolute Gasteiger partial charge is 0.448 e. The number of hydrogen-bond donors (Lipinski definition) is 1. The maximum atomic E-state index is 12.9. The van der Waals surface area contributed by atoms with Crippen molar-refractivity contribution in [1.82, 2.24) is 9.47 Å². The Hall–Kier alpha value is -2.58. The number of carbonyl (C=O) groups excluding carboxylic acids is 2.